The number of aromatic amines is 2. The number of carboxylic acids is 1. The van der Waals surface area contributed by atoms with Crippen LogP contribution in [0.1, 0.15) is 23.2 Å². The summed E-state index contributed by atoms with van der Waals surface area (Å²) in [6.07, 6.45) is 6.88. The Morgan fingerprint density at radius 2 is 1.93 bits per heavy atom. The van der Waals surface area contributed by atoms with Gasteiger partial charge in [0.1, 0.15) is 22.7 Å². The van der Waals surface area contributed by atoms with Gasteiger partial charge >= 0.3 is 5.97 Å². The minimum absolute atomic E-state index is 0.181. The summed E-state index contributed by atoms with van der Waals surface area (Å²) in [5.74, 6) is -1.16. The van der Waals surface area contributed by atoms with Gasteiger partial charge in [0.05, 0.1) is 27.7 Å². The van der Waals surface area contributed by atoms with Crippen LogP contribution >= 0.6 is 0 Å². The summed E-state index contributed by atoms with van der Waals surface area (Å²) < 4.78 is 14.8. The first-order valence-corrected chi connectivity index (χ1v) is 13.9. The Morgan fingerprint density at radius 1 is 1.14 bits per heavy atom. The number of aromatic carboxylic acids is 1. The van der Waals surface area contributed by atoms with Crippen molar-refractivity contribution in [2.45, 2.75) is 18.9 Å². The molecule has 2 aliphatic heterocycles. The molecule has 11 nitrogen and oxygen atoms in total. The quantitative estimate of drug-likeness (QED) is 0.217. The molecule has 2 atom stereocenters. The van der Waals surface area contributed by atoms with Crippen LogP contribution in [0.3, 0.4) is 0 Å². The maximum atomic E-state index is 14.8. The molecule has 0 radical (unpaired) electrons. The minimum atomic E-state index is -1.30. The lowest BCUT2D eigenvalue weighted by atomic mass is 9.93. The van der Waals surface area contributed by atoms with Gasteiger partial charge in [-0.05, 0) is 57.6 Å². The van der Waals surface area contributed by atoms with E-state index >= 15 is 0 Å². The highest BCUT2D eigenvalue weighted by Gasteiger charge is 2.39. The molecule has 0 unspecified atom stereocenters. The highest BCUT2D eigenvalue weighted by Crippen LogP contribution is 2.44. The van der Waals surface area contributed by atoms with E-state index in [0.717, 1.165) is 54.6 Å². The number of nitrogens with zero attached hydrogens (tertiary/aromatic N) is 4. The molecule has 1 aromatic carbocycles. The largest absolute Gasteiger partial charge is 0.477 e. The van der Waals surface area contributed by atoms with E-state index in [2.05, 4.69) is 42.8 Å². The van der Waals surface area contributed by atoms with Crippen molar-refractivity contribution in [3.8, 4) is 11.1 Å². The zero-order chi connectivity index (χ0) is 29.7. The van der Waals surface area contributed by atoms with Gasteiger partial charge in [-0.1, -0.05) is 0 Å². The number of hydrogen-bond acceptors (Lipinski definition) is 8. The summed E-state index contributed by atoms with van der Waals surface area (Å²) in [6, 6.07) is 5.05. The molecule has 12 heteroatoms. The Hall–Kier alpha value is -4.55. The van der Waals surface area contributed by atoms with Crippen LogP contribution in [0.4, 0.5) is 15.8 Å². The average molecular weight is 573 g/mol. The average Bonchev–Trinajstić information content (AvgIpc) is 3.60. The van der Waals surface area contributed by atoms with Crippen LogP contribution < -0.4 is 21.4 Å². The first-order valence-electron chi connectivity index (χ1n) is 13.9. The van der Waals surface area contributed by atoms with Gasteiger partial charge in [-0.15, -0.1) is 0 Å². The van der Waals surface area contributed by atoms with E-state index in [0.29, 0.717) is 39.9 Å². The smallest absolute Gasteiger partial charge is 0.341 e. The van der Waals surface area contributed by atoms with Gasteiger partial charge in [0, 0.05) is 61.3 Å². The third-order valence-corrected chi connectivity index (χ3v) is 8.58. The molecule has 0 aliphatic carbocycles. The topological polar surface area (TPSA) is 156 Å². The number of nitrogens with one attached hydrogen (secondary N) is 3. The molecule has 218 valence electrons. The molecular weight excluding hydrogens is 539 g/mol. The van der Waals surface area contributed by atoms with Crippen LogP contribution in [-0.2, 0) is 0 Å². The molecule has 2 fully saturated rings. The van der Waals surface area contributed by atoms with Gasteiger partial charge in [-0.2, -0.15) is 0 Å². The molecule has 0 amide bonds. The molecule has 0 spiro atoms. The maximum absolute atomic E-state index is 14.8. The van der Waals surface area contributed by atoms with E-state index in [1.54, 1.807) is 25.5 Å². The molecule has 0 saturated carbocycles. The fourth-order valence-electron chi connectivity index (χ4n) is 6.64. The van der Waals surface area contributed by atoms with Crippen molar-refractivity contribution in [3.63, 3.8) is 0 Å². The van der Waals surface area contributed by atoms with Gasteiger partial charge in [-0.25, -0.2) is 19.2 Å². The fraction of sp³-hybridized carbons (Fsp3) is 0.333. The molecule has 2 saturated heterocycles. The number of pyridine rings is 3. The van der Waals surface area contributed by atoms with Gasteiger partial charge in [0.25, 0.3) is 0 Å². The zero-order valence-corrected chi connectivity index (χ0v) is 23.7. The Bertz CT molecular complexity index is 1900. The van der Waals surface area contributed by atoms with Crippen molar-refractivity contribution in [1.82, 2.24) is 24.8 Å². The maximum Gasteiger partial charge on any atom is 0.341 e. The summed E-state index contributed by atoms with van der Waals surface area (Å²) in [7, 11) is 5.42. The zero-order valence-electron chi connectivity index (χ0n) is 23.7. The number of aromatic nitrogens is 4. The molecule has 6 heterocycles. The number of nitrogens with two attached hydrogens (primary N) is 1. The summed E-state index contributed by atoms with van der Waals surface area (Å²) in [4.78, 5) is 44.8. The molecule has 5 aromatic rings. The Balaban J connectivity index is 0.00000155. The number of carbonyl (C=O) groups is 1. The number of carboxylic acid groups (broad SMARTS) is 1. The summed E-state index contributed by atoms with van der Waals surface area (Å²) >= 11 is 0. The van der Waals surface area contributed by atoms with E-state index in [1.807, 2.05) is 0 Å². The molecule has 6 N–H and O–H groups in total. The second kappa shape index (κ2) is 10.7. The van der Waals surface area contributed by atoms with E-state index in [9.17, 15) is 19.1 Å². The molecule has 0 bridgehead atoms. The van der Waals surface area contributed by atoms with Gasteiger partial charge in [0.15, 0.2) is 0 Å². The van der Waals surface area contributed by atoms with E-state index in [4.69, 9.17) is 4.98 Å². The predicted molar refractivity (Wildman–Crippen MR) is 163 cm³/mol. The highest BCUT2D eigenvalue weighted by atomic mass is 19.1. The van der Waals surface area contributed by atoms with Gasteiger partial charge in [-0.3, -0.25) is 4.79 Å². The molecular formula is C30H33FN8O3. The fourth-order valence-corrected chi connectivity index (χ4v) is 6.64. The molecule has 4 aromatic heterocycles. The minimum Gasteiger partial charge on any atom is -0.477 e. The number of fused-ring (bicyclic) bond motifs is 5. The lowest BCUT2D eigenvalue weighted by Crippen LogP contribution is -2.42. The number of halogens is 1. The Labute approximate surface area is 240 Å². The lowest BCUT2D eigenvalue weighted by molar-refractivity contribution is 0.0695. The number of benzene rings is 1. The number of H-pyrrole nitrogens is 2. The van der Waals surface area contributed by atoms with Crippen LogP contribution in [0.5, 0.6) is 0 Å². The number of piperidine rings is 1. The first kappa shape index (κ1) is 27.6. The number of likely N-dealkylation sites (tertiary alicyclic amines) is 1. The lowest BCUT2D eigenvalue weighted by Gasteiger charge is -2.33. The predicted octanol–water partition coefficient (Wildman–Crippen LogP) is 3.60. The summed E-state index contributed by atoms with van der Waals surface area (Å²) in [6.45, 7) is 2.70. The standard InChI is InChI=1S/C29H28FN7O3.CH5N/c1-31-21-8-16(30)7-17-23-25(37-12-14-4-3-5-36(2)22(14)13-37)19(10-34-28(23)35-24(17)21)15-6-18-26(38)20(29(39)40)11-33-27(18)32-9-15;1-2/h6-11,14,22,31H,3-5,12-13H2,1-2H3,(H,34,35)(H,39,40)(H,32,33,38);2H2,1H3/t14-,22+;/m1./s1. The second-order valence-corrected chi connectivity index (χ2v) is 10.8. The SMILES string of the molecule is CN.CNc1cc(F)cc2c1[nH]c1ncc(-c3cnc4[nH]cc(C(=O)O)c(=O)c4c3)c(N3C[C@H]4CCCN(C)[C@H]4C3)c12. The van der Waals surface area contributed by atoms with Gasteiger partial charge < -0.3 is 35.9 Å². The molecule has 2 aliphatic rings. The van der Waals surface area contributed by atoms with E-state index in [1.165, 1.54) is 25.4 Å². The van der Waals surface area contributed by atoms with Crippen molar-refractivity contribution >= 4 is 50.3 Å². The van der Waals surface area contributed by atoms with Crippen molar-refractivity contribution in [2.24, 2.45) is 11.7 Å². The van der Waals surface area contributed by atoms with E-state index in [-0.39, 0.29) is 16.8 Å². The Morgan fingerprint density at radius 3 is 2.67 bits per heavy atom. The molecule has 42 heavy (non-hydrogen) atoms. The normalized spacial score (nSPS) is 18.7. The third-order valence-electron chi connectivity index (χ3n) is 8.58. The van der Waals surface area contributed by atoms with Crippen LogP contribution in [0.2, 0.25) is 0 Å². The number of anilines is 2. The van der Waals surface area contributed by atoms with Crippen LogP contribution in [0, 0.1) is 11.7 Å². The molecule has 7 rings (SSSR count). The van der Waals surface area contributed by atoms with E-state index < -0.39 is 11.4 Å². The van der Waals surface area contributed by atoms with Crippen LogP contribution in [0.15, 0.2) is 41.6 Å². The van der Waals surface area contributed by atoms with Crippen LogP contribution in [-0.4, -0.2) is 82.7 Å². The third kappa shape index (κ3) is 4.34. The van der Waals surface area contributed by atoms with Crippen molar-refractivity contribution in [3.05, 3.63) is 58.4 Å². The summed E-state index contributed by atoms with van der Waals surface area (Å²) in [5.41, 5.74) is 8.17. The monoisotopic (exact) mass is 572 g/mol. The number of rotatable bonds is 4. The van der Waals surface area contributed by atoms with Crippen LogP contribution in [0.25, 0.3) is 44.1 Å². The van der Waals surface area contributed by atoms with Crippen molar-refractivity contribution in [1.29, 1.82) is 0 Å². The summed E-state index contributed by atoms with van der Waals surface area (Å²) in [5, 5.41) is 14.3. The number of hydrogen-bond donors (Lipinski definition) is 5. The van der Waals surface area contributed by atoms with Crippen molar-refractivity contribution < 1.29 is 14.3 Å². The number of likely N-dealkylation sites (N-methyl/N-ethyl adjacent to an activating group) is 1. The first-order chi connectivity index (χ1) is 20.3. The Kier molecular flexibility index (Phi) is 7.03. The van der Waals surface area contributed by atoms with Gasteiger partial charge in [0.2, 0.25) is 5.43 Å². The van der Waals surface area contributed by atoms with Crippen molar-refractivity contribution in [2.75, 3.05) is 51.0 Å². The second-order valence-electron chi connectivity index (χ2n) is 10.8. The highest BCUT2D eigenvalue weighted by molar-refractivity contribution is 6.18.